The van der Waals surface area contributed by atoms with Crippen LogP contribution in [-0.2, 0) is 10.0 Å². The van der Waals surface area contributed by atoms with Crippen LogP contribution in [0.15, 0.2) is 30.5 Å². The smallest absolute Gasteiger partial charge is 0.229 e. The molecule has 1 aliphatic carbocycles. The highest BCUT2D eigenvalue weighted by atomic mass is 32.2. The van der Waals surface area contributed by atoms with Crippen LogP contribution in [0, 0.1) is 0 Å². The van der Waals surface area contributed by atoms with E-state index in [9.17, 15) is 13.2 Å². The maximum absolute atomic E-state index is 11.8. The molecule has 160 valence electrons. The molecule has 2 fully saturated rings. The van der Waals surface area contributed by atoms with Crippen molar-refractivity contribution in [2.24, 2.45) is 0 Å². The predicted molar refractivity (Wildman–Crippen MR) is 117 cm³/mol. The van der Waals surface area contributed by atoms with Gasteiger partial charge in [-0.15, -0.1) is 0 Å². The molecule has 1 saturated carbocycles. The van der Waals surface area contributed by atoms with Crippen LogP contribution < -0.4 is 15.5 Å². The predicted octanol–water partition coefficient (Wildman–Crippen LogP) is 2.08. The molecular weight excluding hydrogens is 404 g/mol. The molecule has 10 heteroatoms. The average molecular weight is 431 g/mol. The van der Waals surface area contributed by atoms with E-state index in [0.717, 1.165) is 24.2 Å². The Morgan fingerprint density at radius 2 is 1.77 bits per heavy atom. The number of anilines is 4. The average Bonchev–Trinajstić information content (AvgIpc) is 3.52. The minimum atomic E-state index is -3.13. The van der Waals surface area contributed by atoms with E-state index in [4.69, 9.17) is 0 Å². The minimum absolute atomic E-state index is 0.0648. The Labute approximate surface area is 176 Å². The van der Waals surface area contributed by atoms with E-state index in [1.165, 1.54) is 17.5 Å². The fourth-order valence-corrected chi connectivity index (χ4v) is 4.22. The second-order valence-corrected chi connectivity index (χ2v) is 9.73. The lowest BCUT2D eigenvalue weighted by Crippen LogP contribution is -2.48. The first-order valence-electron chi connectivity index (χ1n) is 10.0. The largest absolute Gasteiger partial charge is 0.369 e. The van der Waals surface area contributed by atoms with Crippen molar-refractivity contribution in [3.8, 4) is 0 Å². The molecule has 1 aromatic heterocycles. The maximum Gasteiger partial charge on any atom is 0.229 e. The fraction of sp³-hybridized carbons (Fsp3) is 0.450. The topological polar surface area (TPSA) is 108 Å². The van der Waals surface area contributed by atoms with Crippen molar-refractivity contribution in [1.82, 2.24) is 14.3 Å². The number of aromatic nitrogens is 2. The first-order chi connectivity index (χ1) is 14.3. The number of nitrogens with one attached hydrogen (secondary N) is 2. The van der Waals surface area contributed by atoms with Gasteiger partial charge in [0.05, 0.1) is 11.8 Å². The molecule has 2 heterocycles. The zero-order valence-corrected chi connectivity index (χ0v) is 17.9. The second kappa shape index (κ2) is 8.19. The monoisotopic (exact) mass is 430 g/mol. The van der Waals surface area contributed by atoms with Gasteiger partial charge in [-0.2, -0.15) is 9.29 Å². The van der Waals surface area contributed by atoms with Gasteiger partial charge in [0.15, 0.2) is 5.78 Å². The molecule has 9 nitrogen and oxygen atoms in total. The van der Waals surface area contributed by atoms with Crippen molar-refractivity contribution in [3.63, 3.8) is 0 Å². The molecule has 1 aromatic carbocycles. The number of piperazine rings is 1. The van der Waals surface area contributed by atoms with Crippen molar-refractivity contribution in [1.29, 1.82) is 0 Å². The van der Waals surface area contributed by atoms with Gasteiger partial charge in [0.25, 0.3) is 0 Å². The lowest BCUT2D eigenvalue weighted by Gasteiger charge is -2.34. The zero-order chi connectivity index (χ0) is 21.3. The van der Waals surface area contributed by atoms with Gasteiger partial charge in [0, 0.05) is 49.8 Å². The number of Topliss-reactive ketones (excluding diaryl/α,β-unsaturated/α-hetero) is 1. The highest BCUT2D eigenvalue weighted by molar-refractivity contribution is 7.88. The van der Waals surface area contributed by atoms with Crippen molar-refractivity contribution in [3.05, 3.63) is 36.0 Å². The lowest BCUT2D eigenvalue weighted by atomic mass is 10.2. The molecule has 2 N–H and O–H groups in total. The number of sulfonamides is 1. The number of benzene rings is 1. The molecule has 1 saturated heterocycles. The van der Waals surface area contributed by atoms with E-state index >= 15 is 0 Å². The molecule has 0 spiro atoms. The van der Waals surface area contributed by atoms with Crippen LogP contribution in [0.3, 0.4) is 0 Å². The highest BCUT2D eigenvalue weighted by Gasteiger charge is 2.25. The van der Waals surface area contributed by atoms with Crippen molar-refractivity contribution < 1.29 is 13.2 Å². The Morgan fingerprint density at radius 3 is 2.33 bits per heavy atom. The molecule has 0 atom stereocenters. The Morgan fingerprint density at radius 1 is 1.10 bits per heavy atom. The third-order valence-corrected chi connectivity index (χ3v) is 6.59. The van der Waals surface area contributed by atoms with Gasteiger partial charge in [-0.3, -0.25) is 4.79 Å². The van der Waals surface area contributed by atoms with Gasteiger partial charge in [-0.05, 0) is 44.0 Å². The Bertz CT molecular complexity index is 1030. The number of rotatable bonds is 7. The molecule has 0 unspecified atom stereocenters. The van der Waals surface area contributed by atoms with E-state index in [1.54, 1.807) is 6.20 Å². The summed E-state index contributed by atoms with van der Waals surface area (Å²) in [5.74, 6) is 0.936. The minimum Gasteiger partial charge on any atom is -0.369 e. The van der Waals surface area contributed by atoms with Crippen LogP contribution in [0.2, 0.25) is 0 Å². The summed E-state index contributed by atoms with van der Waals surface area (Å²) in [6.07, 6.45) is 4.98. The number of nitrogens with zero attached hydrogens (tertiary/aromatic N) is 4. The third-order valence-electron chi connectivity index (χ3n) is 5.28. The van der Waals surface area contributed by atoms with Crippen LogP contribution in [0.25, 0.3) is 0 Å². The van der Waals surface area contributed by atoms with E-state index < -0.39 is 10.0 Å². The van der Waals surface area contributed by atoms with Gasteiger partial charge in [0.2, 0.25) is 16.0 Å². The van der Waals surface area contributed by atoms with Crippen LogP contribution in [0.5, 0.6) is 0 Å². The van der Waals surface area contributed by atoms with Crippen molar-refractivity contribution in [2.75, 3.05) is 48.0 Å². The number of carbonyl (C=O) groups is 1. The highest BCUT2D eigenvalue weighted by Crippen LogP contribution is 2.27. The van der Waals surface area contributed by atoms with Crippen molar-refractivity contribution in [2.45, 2.75) is 25.8 Å². The molecule has 0 bridgehead atoms. The zero-order valence-electron chi connectivity index (χ0n) is 17.1. The molecule has 0 amide bonds. The summed E-state index contributed by atoms with van der Waals surface area (Å²) in [5.41, 5.74) is 2.37. The number of ketones is 1. The van der Waals surface area contributed by atoms with Gasteiger partial charge in [-0.1, -0.05) is 0 Å². The Hall–Kier alpha value is -2.72. The van der Waals surface area contributed by atoms with Gasteiger partial charge in [-0.25, -0.2) is 13.4 Å². The molecule has 30 heavy (non-hydrogen) atoms. The van der Waals surface area contributed by atoms with Gasteiger partial charge < -0.3 is 15.5 Å². The van der Waals surface area contributed by atoms with Crippen LogP contribution >= 0.6 is 0 Å². The van der Waals surface area contributed by atoms with Crippen LogP contribution in [0.4, 0.5) is 23.1 Å². The molecular formula is C20H26N6O3S. The van der Waals surface area contributed by atoms with Gasteiger partial charge >= 0.3 is 0 Å². The maximum atomic E-state index is 11.8. The normalized spacial score (nSPS) is 17.6. The Balaban J connectivity index is 1.42. The number of hydrogen-bond acceptors (Lipinski definition) is 8. The summed E-state index contributed by atoms with van der Waals surface area (Å²) in [4.78, 5) is 22.7. The summed E-state index contributed by atoms with van der Waals surface area (Å²) in [5, 5.41) is 6.47. The summed E-state index contributed by atoms with van der Waals surface area (Å²) in [6.45, 7) is 3.81. The van der Waals surface area contributed by atoms with E-state index in [1.807, 2.05) is 24.3 Å². The molecule has 1 aliphatic heterocycles. The summed E-state index contributed by atoms with van der Waals surface area (Å²) < 4.78 is 24.8. The van der Waals surface area contributed by atoms with Crippen molar-refractivity contribution >= 4 is 38.9 Å². The molecule has 2 aromatic rings. The first kappa shape index (κ1) is 20.5. The van der Waals surface area contributed by atoms with E-state index in [0.29, 0.717) is 49.6 Å². The second-order valence-electron chi connectivity index (χ2n) is 7.75. The Kier molecular flexibility index (Phi) is 5.61. The molecule has 0 radical (unpaired) electrons. The summed E-state index contributed by atoms with van der Waals surface area (Å²) >= 11 is 0. The molecule has 2 aliphatic rings. The third kappa shape index (κ3) is 4.88. The number of carbonyl (C=O) groups excluding carboxylic acids is 1. The van der Waals surface area contributed by atoms with Gasteiger partial charge in [0.1, 0.15) is 5.82 Å². The van der Waals surface area contributed by atoms with E-state index in [2.05, 4.69) is 25.5 Å². The van der Waals surface area contributed by atoms with Crippen LogP contribution in [-0.4, -0.2) is 67.0 Å². The fourth-order valence-electron chi connectivity index (χ4n) is 3.39. The van der Waals surface area contributed by atoms with Crippen LogP contribution in [0.1, 0.15) is 30.1 Å². The SMILES string of the molecule is CC(=O)c1cnc(Nc2ccc(N3CCN(S(C)(=O)=O)CC3)cc2)nc1NC1CC1. The quantitative estimate of drug-likeness (QED) is 0.643. The lowest BCUT2D eigenvalue weighted by molar-refractivity contribution is 0.101. The summed E-state index contributed by atoms with van der Waals surface area (Å²) in [7, 11) is -3.13. The molecule has 4 rings (SSSR count). The first-order valence-corrected chi connectivity index (χ1v) is 11.9. The van der Waals surface area contributed by atoms with E-state index in [-0.39, 0.29) is 5.78 Å². The standard InChI is InChI=1S/C20H26N6O3S/c1-14(27)18-13-21-20(24-19(18)22-15-3-4-15)23-16-5-7-17(8-6-16)25-9-11-26(12-10-25)30(2,28)29/h5-8,13,15H,3-4,9-12H2,1-2H3,(H2,21,22,23,24). The summed E-state index contributed by atoms with van der Waals surface area (Å²) in [6, 6.07) is 8.24. The number of hydrogen-bond donors (Lipinski definition) is 2.